The van der Waals surface area contributed by atoms with Crippen molar-refractivity contribution in [2.45, 2.75) is 44.8 Å². The number of para-hydroxylation sites is 1. The Hall–Kier alpha value is -3.46. The first-order valence-corrected chi connectivity index (χ1v) is 12.1. The lowest BCUT2D eigenvalue weighted by molar-refractivity contribution is 0.0778. The number of aromatic hydroxyl groups is 1. The lowest BCUT2D eigenvalue weighted by Crippen LogP contribution is -2.56. The van der Waals surface area contributed by atoms with Gasteiger partial charge in [0.2, 0.25) is 6.79 Å². The largest absolute Gasteiger partial charge is 0.504 e. The summed E-state index contributed by atoms with van der Waals surface area (Å²) in [5.41, 5.74) is 2.05. The number of phenolic OH excluding ortho intramolecular Hbond substituents is 1. The Labute approximate surface area is 204 Å². The second-order valence-electron chi connectivity index (χ2n) is 8.87. The molecular weight excluding hydrogens is 450 g/mol. The van der Waals surface area contributed by atoms with Crippen LogP contribution in [0.4, 0.5) is 4.79 Å². The van der Waals surface area contributed by atoms with Crippen molar-refractivity contribution in [1.29, 1.82) is 0 Å². The van der Waals surface area contributed by atoms with E-state index in [4.69, 9.17) is 23.9 Å². The van der Waals surface area contributed by atoms with Crippen LogP contribution in [0.3, 0.4) is 0 Å². The Bertz CT molecular complexity index is 1130. The zero-order valence-corrected chi connectivity index (χ0v) is 20.1. The van der Waals surface area contributed by atoms with Crippen LogP contribution in [0.1, 0.15) is 50.3 Å². The van der Waals surface area contributed by atoms with Crippen molar-refractivity contribution in [3.63, 3.8) is 0 Å². The third kappa shape index (κ3) is 4.60. The molecule has 1 amide bonds. The first kappa shape index (κ1) is 23.3. The summed E-state index contributed by atoms with van der Waals surface area (Å²) in [5.74, 6) is 2.02. The van der Waals surface area contributed by atoms with Crippen molar-refractivity contribution in [2.24, 2.45) is 4.99 Å². The molecule has 0 saturated carbocycles. The highest BCUT2D eigenvalue weighted by molar-refractivity contribution is 6.02. The molecule has 5 rings (SSSR count). The quantitative estimate of drug-likeness (QED) is 0.666. The number of amides is 1. The number of hydrogen-bond donors (Lipinski definition) is 2. The number of ether oxygens (including phenoxy) is 4. The van der Waals surface area contributed by atoms with Gasteiger partial charge in [-0.1, -0.05) is 12.1 Å². The highest BCUT2D eigenvalue weighted by atomic mass is 16.7. The number of phenols is 1. The van der Waals surface area contributed by atoms with Crippen molar-refractivity contribution in [3.8, 4) is 23.0 Å². The molecule has 9 heteroatoms. The lowest BCUT2D eigenvalue weighted by Gasteiger charge is -2.45. The van der Waals surface area contributed by atoms with Crippen molar-refractivity contribution >= 4 is 11.8 Å². The van der Waals surface area contributed by atoms with E-state index >= 15 is 0 Å². The fraction of sp³-hybridized carbons (Fsp3) is 0.462. The molecule has 0 aromatic heterocycles. The minimum Gasteiger partial charge on any atom is -0.504 e. The average molecular weight is 482 g/mol. The number of nitrogens with zero attached hydrogens (tertiary/aromatic N) is 2. The SMILES string of the molecule is CCOC(=O)N1CCC2(CC1)N=C(c1ccc3c(c1)OCO3)C[C@@H](c1cccc(OCC)c1O)N2. The molecular formula is C26H31N3O6. The second kappa shape index (κ2) is 9.65. The minimum atomic E-state index is -0.578. The summed E-state index contributed by atoms with van der Waals surface area (Å²) in [6.45, 7) is 5.78. The van der Waals surface area contributed by atoms with Gasteiger partial charge in [-0.15, -0.1) is 0 Å². The molecule has 1 fully saturated rings. The monoisotopic (exact) mass is 481 g/mol. The molecule has 0 bridgehead atoms. The van der Waals surface area contributed by atoms with E-state index in [9.17, 15) is 9.90 Å². The van der Waals surface area contributed by atoms with Gasteiger partial charge in [-0.25, -0.2) is 4.79 Å². The molecule has 1 spiro atoms. The molecule has 3 heterocycles. The number of benzene rings is 2. The van der Waals surface area contributed by atoms with Gasteiger partial charge in [0.25, 0.3) is 0 Å². The second-order valence-corrected chi connectivity index (χ2v) is 8.87. The first-order chi connectivity index (χ1) is 17.0. The summed E-state index contributed by atoms with van der Waals surface area (Å²) in [7, 11) is 0. The third-order valence-corrected chi connectivity index (χ3v) is 6.72. The molecule has 1 atom stereocenters. The van der Waals surface area contributed by atoms with Gasteiger partial charge >= 0.3 is 6.09 Å². The summed E-state index contributed by atoms with van der Waals surface area (Å²) in [6.07, 6.45) is 1.54. The highest BCUT2D eigenvalue weighted by Crippen LogP contribution is 2.41. The smallest absolute Gasteiger partial charge is 0.409 e. The van der Waals surface area contributed by atoms with Gasteiger partial charge in [0.15, 0.2) is 23.0 Å². The predicted molar refractivity (Wildman–Crippen MR) is 129 cm³/mol. The number of fused-ring (bicyclic) bond motifs is 1. The van der Waals surface area contributed by atoms with Gasteiger partial charge in [0.05, 0.1) is 13.2 Å². The van der Waals surface area contributed by atoms with E-state index in [2.05, 4.69) is 5.32 Å². The number of carbonyl (C=O) groups is 1. The van der Waals surface area contributed by atoms with Crippen LogP contribution in [-0.4, -0.2) is 60.6 Å². The van der Waals surface area contributed by atoms with Crippen LogP contribution in [0.5, 0.6) is 23.0 Å². The maximum atomic E-state index is 12.3. The number of hydrogen-bond acceptors (Lipinski definition) is 8. The zero-order chi connectivity index (χ0) is 24.4. The highest BCUT2D eigenvalue weighted by Gasteiger charge is 2.42. The summed E-state index contributed by atoms with van der Waals surface area (Å²) in [4.78, 5) is 19.2. The standard InChI is InChI=1S/C26H31N3O6/c1-3-32-22-7-5-6-18(24(22)30)20-15-19(17-8-9-21-23(14-17)35-16-34-21)27-26(28-20)10-12-29(13-11-26)25(31)33-4-2/h5-9,14,20,28,30H,3-4,10-13,15-16H2,1-2H3/t20-/m0/s1. The molecule has 2 aromatic rings. The Kier molecular flexibility index (Phi) is 6.42. The molecule has 3 aliphatic rings. The van der Waals surface area contributed by atoms with Crippen LogP contribution in [0.25, 0.3) is 0 Å². The number of rotatable bonds is 5. The van der Waals surface area contributed by atoms with E-state index in [1.54, 1.807) is 17.9 Å². The molecule has 2 aromatic carbocycles. The fourth-order valence-electron chi connectivity index (χ4n) is 4.97. The van der Waals surface area contributed by atoms with Gasteiger partial charge in [-0.2, -0.15) is 0 Å². The number of aliphatic imine (C=N–C) groups is 1. The molecule has 0 aliphatic carbocycles. The van der Waals surface area contributed by atoms with Gasteiger partial charge in [-0.3, -0.25) is 10.3 Å². The maximum Gasteiger partial charge on any atom is 0.409 e. The summed E-state index contributed by atoms with van der Waals surface area (Å²) < 4.78 is 21.9. The Morgan fingerprint density at radius 3 is 2.74 bits per heavy atom. The van der Waals surface area contributed by atoms with E-state index in [0.29, 0.717) is 57.1 Å². The number of likely N-dealkylation sites (tertiary alicyclic amines) is 1. The lowest BCUT2D eigenvalue weighted by atomic mass is 9.87. The van der Waals surface area contributed by atoms with Crippen LogP contribution in [0.15, 0.2) is 41.4 Å². The summed E-state index contributed by atoms with van der Waals surface area (Å²) >= 11 is 0. The Morgan fingerprint density at radius 2 is 1.97 bits per heavy atom. The van der Waals surface area contributed by atoms with Crippen molar-refractivity contribution in [2.75, 3.05) is 33.1 Å². The normalized spacial score (nSPS) is 20.5. The van der Waals surface area contributed by atoms with E-state index in [1.807, 2.05) is 37.3 Å². The molecule has 186 valence electrons. The van der Waals surface area contributed by atoms with E-state index in [0.717, 1.165) is 22.6 Å². The molecule has 0 unspecified atom stereocenters. The van der Waals surface area contributed by atoms with E-state index < -0.39 is 5.66 Å². The van der Waals surface area contributed by atoms with Crippen LogP contribution < -0.4 is 19.5 Å². The zero-order valence-electron chi connectivity index (χ0n) is 20.1. The van der Waals surface area contributed by atoms with E-state index in [1.165, 1.54) is 0 Å². The summed E-state index contributed by atoms with van der Waals surface area (Å²) in [5, 5.41) is 14.7. The minimum absolute atomic E-state index is 0.137. The van der Waals surface area contributed by atoms with Crippen LogP contribution in [0, 0.1) is 0 Å². The van der Waals surface area contributed by atoms with Gasteiger partial charge in [-0.05, 0) is 43.7 Å². The van der Waals surface area contributed by atoms with E-state index in [-0.39, 0.29) is 24.7 Å². The topological polar surface area (TPSA) is 102 Å². The number of carbonyl (C=O) groups excluding carboxylic acids is 1. The number of piperidine rings is 1. The fourth-order valence-corrected chi connectivity index (χ4v) is 4.97. The molecule has 35 heavy (non-hydrogen) atoms. The first-order valence-electron chi connectivity index (χ1n) is 12.1. The molecule has 9 nitrogen and oxygen atoms in total. The predicted octanol–water partition coefficient (Wildman–Crippen LogP) is 3.99. The Morgan fingerprint density at radius 1 is 1.17 bits per heavy atom. The number of nitrogens with one attached hydrogen (secondary N) is 1. The van der Waals surface area contributed by atoms with Crippen LogP contribution in [0.2, 0.25) is 0 Å². The average Bonchev–Trinajstić information content (AvgIpc) is 3.34. The van der Waals surface area contributed by atoms with Crippen molar-refractivity contribution in [1.82, 2.24) is 10.2 Å². The van der Waals surface area contributed by atoms with Gasteiger partial charge in [0, 0.05) is 49.7 Å². The maximum absolute atomic E-state index is 12.3. The summed E-state index contributed by atoms with van der Waals surface area (Å²) in [6, 6.07) is 11.2. The molecule has 1 saturated heterocycles. The van der Waals surface area contributed by atoms with Gasteiger partial charge in [0.1, 0.15) is 5.66 Å². The molecule has 2 N–H and O–H groups in total. The third-order valence-electron chi connectivity index (χ3n) is 6.72. The Balaban J connectivity index is 1.48. The van der Waals surface area contributed by atoms with Crippen LogP contribution >= 0.6 is 0 Å². The van der Waals surface area contributed by atoms with Crippen LogP contribution in [-0.2, 0) is 4.74 Å². The van der Waals surface area contributed by atoms with Gasteiger partial charge < -0.3 is 29.0 Å². The van der Waals surface area contributed by atoms with Crippen molar-refractivity contribution < 1.29 is 28.8 Å². The molecule has 3 aliphatic heterocycles. The van der Waals surface area contributed by atoms with Crippen molar-refractivity contribution in [3.05, 3.63) is 47.5 Å². The molecule has 0 radical (unpaired) electrons.